The number of nitrogens with zero attached hydrogens (tertiary/aromatic N) is 1. The van der Waals surface area contributed by atoms with E-state index in [-0.39, 0.29) is 17.7 Å². The van der Waals surface area contributed by atoms with Gasteiger partial charge in [0, 0.05) is 11.6 Å². The van der Waals surface area contributed by atoms with Gasteiger partial charge >= 0.3 is 0 Å². The van der Waals surface area contributed by atoms with Crippen LogP contribution in [0.25, 0.3) is 17.4 Å². The maximum absolute atomic E-state index is 12.7. The Morgan fingerprint density at radius 2 is 1.81 bits per heavy atom. The van der Waals surface area contributed by atoms with Crippen LogP contribution in [0.2, 0.25) is 0 Å². The van der Waals surface area contributed by atoms with E-state index in [4.69, 9.17) is 4.42 Å². The van der Waals surface area contributed by atoms with E-state index in [0.29, 0.717) is 10.7 Å². The molecule has 1 aromatic heterocycles. The first-order chi connectivity index (χ1) is 13.1. The van der Waals surface area contributed by atoms with Crippen LogP contribution in [0.5, 0.6) is 0 Å². The molecule has 0 bridgehead atoms. The Bertz CT molecular complexity index is 1040. The van der Waals surface area contributed by atoms with E-state index in [1.807, 2.05) is 67.6 Å². The van der Waals surface area contributed by atoms with Crippen molar-refractivity contribution < 1.29 is 14.0 Å². The van der Waals surface area contributed by atoms with Gasteiger partial charge in [-0.3, -0.25) is 14.5 Å². The van der Waals surface area contributed by atoms with Crippen LogP contribution in [0.3, 0.4) is 0 Å². The quantitative estimate of drug-likeness (QED) is 0.566. The predicted molar refractivity (Wildman–Crippen MR) is 107 cm³/mol. The summed E-state index contributed by atoms with van der Waals surface area (Å²) in [6.07, 6.45) is 1.63. The topological polar surface area (TPSA) is 50.5 Å². The van der Waals surface area contributed by atoms with Crippen LogP contribution in [-0.4, -0.2) is 16.0 Å². The van der Waals surface area contributed by atoms with E-state index in [1.54, 1.807) is 12.1 Å². The minimum absolute atomic E-state index is 0.261. The zero-order valence-electron chi connectivity index (χ0n) is 14.7. The van der Waals surface area contributed by atoms with Gasteiger partial charge < -0.3 is 4.42 Å². The predicted octanol–water partition coefficient (Wildman–Crippen LogP) is 5.49. The number of amides is 2. The fourth-order valence-corrected chi connectivity index (χ4v) is 3.76. The first-order valence-electron chi connectivity index (χ1n) is 8.56. The summed E-state index contributed by atoms with van der Waals surface area (Å²) < 4.78 is 5.81. The number of benzene rings is 2. The molecule has 1 saturated heterocycles. The minimum atomic E-state index is -0.288. The molecule has 0 atom stereocenters. The summed E-state index contributed by atoms with van der Waals surface area (Å²) >= 11 is 0.944. The van der Waals surface area contributed by atoms with Crippen LogP contribution in [-0.2, 0) is 11.3 Å². The Labute approximate surface area is 161 Å². The van der Waals surface area contributed by atoms with Crippen molar-refractivity contribution in [1.82, 2.24) is 4.90 Å². The Hall–Kier alpha value is -3.05. The molecule has 1 fully saturated rings. The molecule has 2 heterocycles. The molecule has 3 aromatic rings. The Morgan fingerprint density at radius 1 is 1.00 bits per heavy atom. The summed E-state index contributed by atoms with van der Waals surface area (Å²) in [5.74, 6) is 0.986. The third-order valence-electron chi connectivity index (χ3n) is 4.26. The van der Waals surface area contributed by atoms with Crippen LogP contribution in [0, 0.1) is 6.92 Å². The maximum Gasteiger partial charge on any atom is 0.293 e. The maximum atomic E-state index is 12.7. The lowest BCUT2D eigenvalue weighted by molar-refractivity contribution is -0.123. The Balaban J connectivity index is 1.54. The summed E-state index contributed by atoms with van der Waals surface area (Å²) in [4.78, 5) is 26.6. The van der Waals surface area contributed by atoms with Crippen molar-refractivity contribution in [1.29, 1.82) is 0 Å². The molecule has 0 saturated carbocycles. The van der Waals surface area contributed by atoms with Crippen molar-refractivity contribution >= 4 is 29.0 Å². The second-order valence-corrected chi connectivity index (χ2v) is 7.32. The van der Waals surface area contributed by atoms with Gasteiger partial charge in [-0.15, -0.1) is 0 Å². The molecule has 2 amide bonds. The lowest BCUT2D eigenvalue weighted by Gasteiger charge is -2.12. The largest absolute Gasteiger partial charge is 0.457 e. The van der Waals surface area contributed by atoms with E-state index >= 15 is 0 Å². The second kappa shape index (κ2) is 7.29. The van der Waals surface area contributed by atoms with Gasteiger partial charge in [0.25, 0.3) is 11.1 Å². The first-order valence-corrected chi connectivity index (χ1v) is 9.38. The molecule has 4 rings (SSSR count). The molecule has 0 radical (unpaired) electrons. The normalized spacial score (nSPS) is 15.7. The van der Waals surface area contributed by atoms with Crippen molar-refractivity contribution in [2.45, 2.75) is 13.5 Å². The second-order valence-electron chi connectivity index (χ2n) is 6.32. The van der Waals surface area contributed by atoms with Crippen LogP contribution in [0.1, 0.15) is 16.9 Å². The number of thioether (sulfide) groups is 1. The standard InChI is InChI=1S/C22H17NO3S/c1-15-6-5-7-16(12-15)14-23-21(24)20(27-22(23)25)13-18-10-11-19(26-18)17-8-3-2-4-9-17/h2-13H,14H2,1H3/b20-13-. The zero-order chi connectivity index (χ0) is 18.8. The van der Waals surface area contributed by atoms with E-state index in [1.165, 1.54) is 4.90 Å². The summed E-state index contributed by atoms with van der Waals surface area (Å²) in [6.45, 7) is 2.26. The molecule has 134 valence electrons. The van der Waals surface area contributed by atoms with Gasteiger partial charge in [-0.1, -0.05) is 60.2 Å². The van der Waals surface area contributed by atoms with Crippen molar-refractivity contribution in [3.8, 4) is 11.3 Å². The molecular formula is C22H17NO3S. The molecule has 5 heteroatoms. The summed E-state index contributed by atoms with van der Waals surface area (Å²) in [6, 6.07) is 21.2. The lowest BCUT2D eigenvalue weighted by Crippen LogP contribution is -2.27. The number of hydrogen-bond donors (Lipinski definition) is 0. The highest BCUT2D eigenvalue weighted by molar-refractivity contribution is 8.18. The number of carbonyl (C=O) groups is 2. The number of rotatable bonds is 4. The average Bonchev–Trinajstić information content (AvgIpc) is 3.23. The Kier molecular flexibility index (Phi) is 4.69. The SMILES string of the molecule is Cc1cccc(CN2C(=O)S/C(=C\c3ccc(-c4ccccc4)o3)C2=O)c1. The summed E-state index contributed by atoms with van der Waals surface area (Å²) in [5, 5.41) is -0.261. The molecule has 27 heavy (non-hydrogen) atoms. The molecular weight excluding hydrogens is 358 g/mol. The number of hydrogen-bond acceptors (Lipinski definition) is 4. The number of carbonyl (C=O) groups excluding carboxylic acids is 2. The first kappa shape index (κ1) is 17.4. The summed E-state index contributed by atoms with van der Waals surface area (Å²) in [5.41, 5.74) is 2.99. The highest BCUT2D eigenvalue weighted by atomic mass is 32.2. The monoisotopic (exact) mass is 375 g/mol. The molecule has 0 spiro atoms. The van der Waals surface area contributed by atoms with Gasteiger partial charge in [0.05, 0.1) is 11.4 Å². The van der Waals surface area contributed by atoms with Crippen molar-refractivity contribution in [2.24, 2.45) is 0 Å². The van der Waals surface area contributed by atoms with Gasteiger partial charge in [-0.05, 0) is 36.4 Å². The average molecular weight is 375 g/mol. The summed E-state index contributed by atoms with van der Waals surface area (Å²) in [7, 11) is 0. The molecule has 0 N–H and O–H groups in total. The van der Waals surface area contributed by atoms with Crippen LogP contribution >= 0.6 is 11.8 Å². The van der Waals surface area contributed by atoms with Gasteiger partial charge in [-0.25, -0.2) is 0 Å². The number of imide groups is 1. The van der Waals surface area contributed by atoms with Crippen molar-refractivity contribution in [3.05, 3.63) is 88.5 Å². The van der Waals surface area contributed by atoms with Crippen molar-refractivity contribution in [2.75, 3.05) is 0 Å². The highest BCUT2D eigenvalue weighted by Gasteiger charge is 2.35. The molecule has 0 aliphatic carbocycles. The third-order valence-corrected chi connectivity index (χ3v) is 5.16. The zero-order valence-corrected chi connectivity index (χ0v) is 15.5. The van der Waals surface area contributed by atoms with Gasteiger partial charge in [-0.2, -0.15) is 0 Å². The minimum Gasteiger partial charge on any atom is -0.457 e. The highest BCUT2D eigenvalue weighted by Crippen LogP contribution is 2.34. The Morgan fingerprint density at radius 3 is 2.59 bits per heavy atom. The lowest BCUT2D eigenvalue weighted by atomic mass is 10.1. The van der Waals surface area contributed by atoms with Gasteiger partial charge in [0.15, 0.2) is 0 Å². The molecule has 4 nitrogen and oxygen atoms in total. The van der Waals surface area contributed by atoms with E-state index in [9.17, 15) is 9.59 Å². The fourth-order valence-electron chi connectivity index (χ4n) is 2.95. The van der Waals surface area contributed by atoms with Gasteiger partial charge in [0.2, 0.25) is 0 Å². The van der Waals surface area contributed by atoms with Gasteiger partial charge in [0.1, 0.15) is 11.5 Å². The molecule has 1 aliphatic rings. The van der Waals surface area contributed by atoms with Crippen molar-refractivity contribution in [3.63, 3.8) is 0 Å². The van der Waals surface area contributed by atoms with E-state index in [0.717, 1.165) is 34.2 Å². The molecule has 0 unspecified atom stereocenters. The van der Waals surface area contributed by atoms with Crippen LogP contribution < -0.4 is 0 Å². The smallest absolute Gasteiger partial charge is 0.293 e. The molecule has 1 aliphatic heterocycles. The van der Waals surface area contributed by atoms with Crippen LogP contribution in [0.4, 0.5) is 4.79 Å². The fraction of sp³-hybridized carbons (Fsp3) is 0.0909. The number of furan rings is 1. The van der Waals surface area contributed by atoms with Crippen LogP contribution in [0.15, 0.2) is 76.1 Å². The third kappa shape index (κ3) is 3.73. The van der Waals surface area contributed by atoms with E-state index < -0.39 is 0 Å². The molecule has 2 aromatic carbocycles. The number of aryl methyl sites for hydroxylation is 1. The van der Waals surface area contributed by atoms with E-state index in [2.05, 4.69) is 0 Å².